The van der Waals surface area contributed by atoms with Gasteiger partial charge in [-0.15, -0.1) is 0 Å². The molecule has 0 radical (unpaired) electrons. The van der Waals surface area contributed by atoms with Gasteiger partial charge in [-0.25, -0.2) is 4.98 Å². The molecule has 1 atom stereocenters. The van der Waals surface area contributed by atoms with E-state index < -0.39 is 6.10 Å². The normalized spacial score (nSPS) is 17.7. The number of anilines is 1. The maximum atomic E-state index is 10.3. The van der Waals surface area contributed by atoms with Gasteiger partial charge in [0.1, 0.15) is 5.82 Å². The summed E-state index contributed by atoms with van der Waals surface area (Å²) in [7, 11) is 0. The number of rotatable bonds is 4. The van der Waals surface area contributed by atoms with Crippen LogP contribution in [-0.4, -0.2) is 52.7 Å². The average molecular weight is 284 g/mol. The number of hydrogen-bond donors (Lipinski definition) is 1. The average Bonchev–Trinajstić information content (AvgIpc) is 2.57. The van der Waals surface area contributed by atoms with E-state index in [-0.39, 0.29) is 0 Å². The highest BCUT2D eigenvalue weighted by atomic mass is 16.3. The van der Waals surface area contributed by atoms with Crippen molar-refractivity contribution in [2.24, 2.45) is 0 Å². The van der Waals surface area contributed by atoms with Gasteiger partial charge in [-0.1, -0.05) is 30.3 Å². The third-order valence-electron chi connectivity index (χ3n) is 3.86. The Labute approximate surface area is 124 Å². The fourth-order valence-electron chi connectivity index (χ4n) is 2.64. The van der Waals surface area contributed by atoms with Gasteiger partial charge in [-0.3, -0.25) is 9.88 Å². The first-order valence-electron chi connectivity index (χ1n) is 7.29. The second-order valence-electron chi connectivity index (χ2n) is 5.28. The maximum absolute atomic E-state index is 10.3. The summed E-state index contributed by atoms with van der Waals surface area (Å²) in [4.78, 5) is 13.0. The number of piperazine rings is 1. The number of aliphatic hydroxyl groups excluding tert-OH is 1. The Hall–Kier alpha value is -1.98. The van der Waals surface area contributed by atoms with Crippen molar-refractivity contribution >= 4 is 5.82 Å². The SMILES string of the molecule is O[C@@H](CN1CCN(c2cnccn2)CC1)c1ccccc1. The molecule has 2 heterocycles. The zero-order valence-corrected chi connectivity index (χ0v) is 12.0. The van der Waals surface area contributed by atoms with E-state index >= 15 is 0 Å². The van der Waals surface area contributed by atoms with Crippen molar-refractivity contribution in [1.82, 2.24) is 14.9 Å². The third kappa shape index (κ3) is 3.56. The Morgan fingerprint density at radius 2 is 1.81 bits per heavy atom. The van der Waals surface area contributed by atoms with Crippen LogP contribution < -0.4 is 4.90 Å². The molecule has 1 fully saturated rings. The number of nitrogens with zero attached hydrogens (tertiary/aromatic N) is 4. The highest BCUT2D eigenvalue weighted by Crippen LogP contribution is 2.16. The first-order valence-corrected chi connectivity index (χ1v) is 7.29. The Kier molecular flexibility index (Phi) is 4.43. The van der Waals surface area contributed by atoms with Gasteiger partial charge in [-0.05, 0) is 5.56 Å². The monoisotopic (exact) mass is 284 g/mol. The summed E-state index contributed by atoms with van der Waals surface area (Å²) in [6.07, 6.45) is 4.79. The highest BCUT2D eigenvalue weighted by molar-refractivity contribution is 5.35. The van der Waals surface area contributed by atoms with Crippen LogP contribution in [0.15, 0.2) is 48.9 Å². The Morgan fingerprint density at radius 1 is 1.05 bits per heavy atom. The van der Waals surface area contributed by atoms with E-state index in [0.717, 1.165) is 37.6 Å². The molecule has 1 aromatic heterocycles. The largest absolute Gasteiger partial charge is 0.387 e. The second-order valence-corrected chi connectivity index (χ2v) is 5.28. The maximum Gasteiger partial charge on any atom is 0.147 e. The van der Waals surface area contributed by atoms with Crippen molar-refractivity contribution in [1.29, 1.82) is 0 Å². The van der Waals surface area contributed by atoms with Crippen molar-refractivity contribution in [2.45, 2.75) is 6.10 Å². The molecule has 2 aromatic rings. The lowest BCUT2D eigenvalue weighted by atomic mass is 10.1. The lowest BCUT2D eigenvalue weighted by Gasteiger charge is -2.36. The van der Waals surface area contributed by atoms with Crippen LogP contribution in [0.3, 0.4) is 0 Å². The van der Waals surface area contributed by atoms with Crippen molar-refractivity contribution in [3.05, 3.63) is 54.5 Å². The van der Waals surface area contributed by atoms with Crippen LogP contribution in [0.5, 0.6) is 0 Å². The molecule has 1 aliphatic rings. The Balaban J connectivity index is 1.52. The minimum atomic E-state index is -0.422. The lowest BCUT2D eigenvalue weighted by molar-refractivity contribution is 0.109. The topological polar surface area (TPSA) is 52.5 Å². The number of benzene rings is 1. The van der Waals surface area contributed by atoms with Crippen LogP contribution in [0.1, 0.15) is 11.7 Å². The summed E-state index contributed by atoms with van der Waals surface area (Å²) in [6, 6.07) is 9.84. The van der Waals surface area contributed by atoms with Crippen molar-refractivity contribution in [3.63, 3.8) is 0 Å². The number of β-amino-alcohol motifs (C(OH)–C–C–N with tert-alkyl or cyclic N) is 1. The third-order valence-corrected chi connectivity index (χ3v) is 3.86. The molecule has 0 saturated carbocycles. The van der Waals surface area contributed by atoms with Crippen LogP contribution in [-0.2, 0) is 0 Å². The number of aliphatic hydroxyl groups is 1. The zero-order chi connectivity index (χ0) is 14.5. The molecule has 110 valence electrons. The van der Waals surface area contributed by atoms with Crippen molar-refractivity contribution < 1.29 is 5.11 Å². The zero-order valence-electron chi connectivity index (χ0n) is 12.0. The molecule has 3 rings (SSSR count). The predicted molar refractivity (Wildman–Crippen MR) is 82.1 cm³/mol. The van der Waals surface area contributed by atoms with Crippen LogP contribution in [0.4, 0.5) is 5.82 Å². The number of aromatic nitrogens is 2. The van der Waals surface area contributed by atoms with E-state index in [2.05, 4.69) is 19.8 Å². The van der Waals surface area contributed by atoms with Gasteiger partial charge in [0.15, 0.2) is 0 Å². The summed E-state index contributed by atoms with van der Waals surface area (Å²) in [5, 5.41) is 10.3. The Bertz CT molecular complexity index is 541. The van der Waals surface area contributed by atoms with Crippen LogP contribution >= 0.6 is 0 Å². The second kappa shape index (κ2) is 6.65. The molecule has 0 spiro atoms. The molecule has 0 unspecified atom stereocenters. The molecule has 1 saturated heterocycles. The minimum Gasteiger partial charge on any atom is -0.387 e. The van der Waals surface area contributed by atoms with Gasteiger partial charge in [0, 0.05) is 45.1 Å². The van der Waals surface area contributed by atoms with Gasteiger partial charge < -0.3 is 10.0 Å². The van der Waals surface area contributed by atoms with E-state index in [0.29, 0.717) is 6.54 Å². The van der Waals surface area contributed by atoms with Crippen molar-refractivity contribution in [3.8, 4) is 0 Å². The van der Waals surface area contributed by atoms with Gasteiger partial charge in [0.05, 0.1) is 12.3 Å². The van der Waals surface area contributed by atoms with E-state index in [1.165, 1.54) is 0 Å². The van der Waals surface area contributed by atoms with Gasteiger partial charge in [0.2, 0.25) is 0 Å². The molecular weight excluding hydrogens is 264 g/mol. The van der Waals surface area contributed by atoms with E-state index in [1.54, 1.807) is 18.6 Å². The molecule has 0 bridgehead atoms. The summed E-state index contributed by atoms with van der Waals surface area (Å²) in [6.45, 7) is 4.37. The Morgan fingerprint density at radius 3 is 2.48 bits per heavy atom. The molecule has 5 nitrogen and oxygen atoms in total. The molecule has 1 aliphatic heterocycles. The fourth-order valence-corrected chi connectivity index (χ4v) is 2.64. The summed E-state index contributed by atoms with van der Waals surface area (Å²) >= 11 is 0. The van der Waals surface area contributed by atoms with E-state index in [4.69, 9.17) is 0 Å². The fraction of sp³-hybridized carbons (Fsp3) is 0.375. The van der Waals surface area contributed by atoms with Crippen LogP contribution in [0, 0.1) is 0 Å². The summed E-state index contributed by atoms with van der Waals surface area (Å²) < 4.78 is 0. The molecule has 0 aliphatic carbocycles. The van der Waals surface area contributed by atoms with E-state index in [9.17, 15) is 5.11 Å². The molecule has 0 amide bonds. The highest BCUT2D eigenvalue weighted by Gasteiger charge is 2.20. The minimum absolute atomic E-state index is 0.422. The molecular formula is C16H20N4O. The van der Waals surface area contributed by atoms with Gasteiger partial charge in [0.25, 0.3) is 0 Å². The standard InChI is InChI=1S/C16H20N4O/c21-15(14-4-2-1-3-5-14)13-19-8-10-20(11-9-19)16-12-17-6-7-18-16/h1-7,12,15,21H,8-11,13H2/t15-/m0/s1. The number of hydrogen-bond acceptors (Lipinski definition) is 5. The first kappa shape index (κ1) is 14.0. The summed E-state index contributed by atoms with van der Waals surface area (Å²) in [5.74, 6) is 0.931. The molecule has 21 heavy (non-hydrogen) atoms. The molecule has 5 heteroatoms. The van der Waals surface area contributed by atoms with Crippen LogP contribution in [0.25, 0.3) is 0 Å². The van der Waals surface area contributed by atoms with Crippen LogP contribution in [0.2, 0.25) is 0 Å². The molecule has 1 aromatic carbocycles. The van der Waals surface area contributed by atoms with Gasteiger partial charge in [-0.2, -0.15) is 0 Å². The van der Waals surface area contributed by atoms with E-state index in [1.807, 2.05) is 30.3 Å². The lowest BCUT2D eigenvalue weighted by Crippen LogP contribution is -2.47. The smallest absolute Gasteiger partial charge is 0.147 e. The van der Waals surface area contributed by atoms with Gasteiger partial charge >= 0.3 is 0 Å². The predicted octanol–water partition coefficient (Wildman–Crippen LogP) is 1.33. The van der Waals surface area contributed by atoms with Crippen molar-refractivity contribution in [2.75, 3.05) is 37.6 Å². The summed E-state index contributed by atoms with van der Waals surface area (Å²) in [5.41, 5.74) is 0.980. The quantitative estimate of drug-likeness (QED) is 0.918. The molecule has 1 N–H and O–H groups in total. The first-order chi connectivity index (χ1) is 10.3.